The molecule has 0 saturated carbocycles. The van der Waals surface area contributed by atoms with E-state index >= 15 is 0 Å². The van der Waals surface area contributed by atoms with Crippen LogP contribution in [0.1, 0.15) is 30.9 Å². The highest BCUT2D eigenvalue weighted by Crippen LogP contribution is 2.19. The second-order valence-corrected chi connectivity index (χ2v) is 6.83. The number of benzene rings is 1. The highest BCUT2D eigenvalue weighted by Gasteiger charge is 2.27. The van der Waals surface area contributed by atoms with Crippen LogP contribution in [0.4, 0.5) is 0 Å². The number of hydrogen-bond donors (Lipinski definition) is 1. The van der Waals surface area contributed by atoms with Gasteiger partial charge in [0.05, 0.1) is 19.1 Å². The Balaban J connectivity index is 1.51. The van der Waals surface area contributed by atoms with Crippen molar-refractivity contribution in [1.29, 1.82) is 0 Å². The minimum absolute atomic E-state index is 0.00257. The van der Waals surface area contributed by atoms with Gasteiger partial charge in [0.2, 0.25) is 0 Å². The highest BCUT2D eigenvalue weighted by atomic mass is 16.5. The largest absolute Gasteiger partial charge is 0.466 e. The van der Waals surface area contributed by atoms with Crippen LogP contribution in [-0.4, -0.2) is 58.3 Å². The highest BCUT2D eigenvalue weighted by molar-refractivity contribution is 5.80. The number of ether oxygens (including phenoxy) is 1. The Morgan fingerprint density at radius 1 is 1.32 bits per heavy atom. The number of rotatable bonds is 6. The molecule has 8 heteroatoms. The van der Waals surface area contributed by atoms with Crippen molar-refractivity contribution >= 4 is 11.9 Å². The van der Waals surface area contributed by atoms with Crippen LogP contribution in [0.2, 0.25) is 0 Å². The standard InChI is InChI=1S/C20H28N6O2/c1-3-28-19(27)18-7-9-25(10-8-18)20(21-2)23-12-16-5-4-6-17(11-16)13-26-15-22-14-24-26/h4-6,11,14-15,18H,3,7-10,12-13H2,1-2H3,(H,21,23). The van der Waals surface area contributed by atoms with Crippen molar-refractivity contribution in [1.82, 2.24) is 25.0 Å². The molecule has 0 radical (unpaired) electrons. The third-order valence-electron chi connectivity index (χ3n) is 4.88. The molecule has 1 fully saturated rings. The Hall–Kier alpha value is -2.90. The smallest absolute Gasteiger partial charge is 0.309 e. The van der Waals surface area contributed by atoms with Gasteiger partial charge < -0.3 is 15.0 Å². The third-order valence-corrected chi connectivity index (χ3v) is 4.88. The van der Waals surface area contributed by atoms with E-state index in [2.05, 4.69) is 49.6 Å². The molecule has 1 aliphatic heterocycles. The van der Waals surface area contributed by atoms with Gasteiger partial charge in [-0.25, -0.2) is 9.67 Å². The van der Waals surface area contributed by atoms with E-state index in [-0.39, 0.29) is 11.9 Å². The normalized spacial score (nSPS) is 15.5. The van der Waals surface area contributed by atoms with Gasteiger partial charge in [-0.3, -0.25) is 9.79 Å². The van der Waals surface area contributed by atoms with E-state index in [1.807, 2.05) is 6.92 Å². The van der Waals surface area contributed by atoms with Gasteiger partial charge in [0, 0.05) is 26.7 Å². The number of hydrogen-bond acceptors (Lipinski definition) is 5. The number of piperidine rings is 1. The second kappa shape index (κ2) is 9.87. The van der Waals surface area contributed by atoms with E-state index < -0.39 is 0 Å². The molecule has 2 heterocycles. The fourth-order valence-corrected chi connectivity index (χ4v) is 3.44. The molecule has 150 valence electrons. The molecule has 1 saturated heterocycles. The van der Waals surface area contributed by atoms with Crippen LogP contribution < -0.4 is 5.32 Å². The summed E-state index contributed by atoms with van der Waals surface area (Å²) < 4.78 is 6.95. The Morgan fingerprint density at radius 2 is 2.11 bits per heavy atom. The van der Waals surface area contributed by atoms with Gasteiger partial charge in [0.25, 0.3) is 0 Å². The molecule has 0 unspecified atom stereocenters. The quantitative estimate of drug-likeness (QED) is 0.463. The number of likely N-dealkylation sites (tertiary alicyclic amines) is 1. The van der Waals surface area contributed by atoms with Crippen molar-refractivity contribution in [3.05, 3.63) is 48.0 Å². The molecule has 1 aliphatic rings. The van der Waals surface area contributed by atoms with Crippen LogP contribution in [0.3, 0.4) is 0 Å². The molecule has 2 aromatic rings. The van der Waals surface area contributed by atoms with Crippen LogP contribution in [0.5, 0.6) is 0 Å². The number of esters is 1. The minimum atomic E-state index is -0.0747. The van der Waals surface area contributed by atoms with E-state index in [0.717, 1.165) is 31.9 Å². The first-order valence-corrected chi connectivity index (χ1v) is 9.72. The first-order valence-electron chi connectivity index (χ1n) is 9.72. The van der Waals surface area contributed by atoms with Crippen LogP contribution in [0, 0.1) is 5.92 Å². The zero-order valence-electron chi connectivity index (χ0n) is 16.5. The van der Waals surface area contributed by atoms with Crippen LogP contribution in [-0.2, 0) is 22.6 Å². The fraction of sp³-hybridized carbons (Fsp3) is 0.500. The summed E-state index contributed by atoms with van der Waals surface area (Å²) >= 11 is 0. The molecule has 1 aromatic carbocycles. The molecule has 0 spiro atoms. The first-order chi connectivity index (χ1) is 13.7. The first kappa shape index (κ1) is 19.9. The molecule has 3 rings (SSSR count). The number of guanidine groups is 1. The summed E-state index contributed by atoms with van der Waals surface area (Å²) in [6.07, 6.45) is 4.85. The van der Waals surface area contributed by atoms with Crippen LogP contribution in [0.25, 0.3) is 0 Å². The summed E-state index contributed by atoms with van der Waals surface area (Å²) in [6, 6.07) is 8.39. The Bertz CT molecular complexity index is 782. The number of aliphatic imine (C=N–C) groups is 1. The number of nitrogens with one attached hydrogen (secondary N) is 1. The van der Waals surface area contributed by atoms with Gasteiger partial charge >= 0.3 is 5.97 Å². The van der Waals surface area contributed by atoms with Gasteiger partial charge in [-0.15, -0.1) is 0 Å². The predicted octanol–water partition coefficient (Wildman–Crippen LogP) is 1.68. The SMILES string of the molecule is CCOC(=O)C1CCN(C(=NC)NCc2cccc(Cn3cncn3)c2)CC1. The number of carbonyl (C=O) groups is 1. The molecule has 1 N–H and O–H groups in total. The topological polar surface area (TPSA) is 84.6 Å². The summed E-state index contributed by atoms with van der Waals surface area (Å²) in [5.74, 6) is 0.793. The fourth-order valence-electron chi connectivity index (χ4n) is 3.44. The van der Waals surface area contributed by atoms with E-state index in [1.54, 1.807) is 24.4 Å². The van der Waals surface area contributed by atoms with E-state index in [1.165, 1.54) is 11.1 Å². The third kappa shape index (κ3) is 5.31. The molecule has 0 aliphatic carbocycles. The lowest BCUT2D eigenvalue weighted by Gasteiger charge is -2.33. The van der Waals surface area contributed by atoms with Crippen LogP contribution >= 0.6 is 0 Å². The van der Waals surface area contributed by atoms with E-state index in [0.29, 0.717) is 19.7 Å². The molecule has 1 aromatic heterocycles. The summed E-state index contributed by atoms with van der Waals surface area (Å²) in [4.78, 5) is 22.5. The van der Waals surface area contributed by atoms with Crippen LogP contribution in [0.15, 0.2) is 41.9 Å². The molecule has 0 atom stereocenters. The van der Waals surface area contributed by atoms with Gasteiger partial charge in [0.1, 0.15) is 12.7 Å². The van der Waals surface area contributed by atoms with Gasteiger partial charge in [-0.2, -0.15) is 5.10 Å². The molecular weight excluding hydrogens is 356 g/mol. The average molecular weight is 384 g/mol. The van der Waals surface area contributed by atoms with Crippen molar-refractivity contribution < 1.29 is 9.53 Å². The maximum absolute atomic E-state index is 11.9. The summed E-state index contributed by atoms with van der Waals surface area (Å²) in [5, 5.41) is 7.59. The Labute approximate surface area is 165 Å². The monoisotopic (exact) mass is 384 g/mol. The lowest BCUT2D eigenvalue weighted by molar-refractivity contribution is -0.149. The lowest BCUT2D eigenvalue weighted by atomic mass is 9.97. The van der Waals surface area contributed by atoms with Crippen molar-refractivity contribution in [2.24, 2.45) is 10.9 Å². The number of aromatic nitrogens is 3. The number of nitrogens with zero attached hydrogens (tertiary/aromatic N) is 5. The van der Waals surface area contributed by atoms with Gasteiger partial charge in [-0.1, -0.05) is 24.3 Å². The molecule has 28 heavy (non-hydrogen) atoms. The molecule has 0 bridgehead atoms. The van der Waals surface area contributed by atoms with E-state index in [4.69, 9.17) is 4.74 Å². The second-order valence-electron chi connectivity index (χ2n) is 6.83. The summed E-state index contributed by atoms with van der Waals surface area (Å²) in [7, 11) is 1.79. The number of carbonyl (C=O) groups excluding carboxylic acids is 1. The zero-order chi connectivity index (χ0) is 19.8. The van der Waals surface area contributed by atoms with Gasteiger partial charge in [0.15, 0.2) is 5.96 Å². The Morgan fingerprint density at radius 3 is 2.79 bits per heavy atom. The predicted molar refractivity (Wildman–Crippen MR) is 107 cm³/mol. The van der Waals surface area contributed by atoms with Gasteiger partial charge in [-0.05, 0) is 30.9 Å². The minimum Gasteiger partial charge on any atom is -0.466 e. The maximum atomic E-state index is 11.9. The van der Waals surface area contributed by atoms with Crippen molar-refractivity contribution in [2.45, 2.75) is 32.9 Å². The molecule has 8 nitrogen and oxygen atoms in total. The van der Waals surface area contributed by atoms with E-state index in [9.17, 15) is 4.79 Å². The lowest BCUT2D eigenvalue weighted by Crippen LogP contribution is -2.46. The van der Waals surface area contributed by atoms with Crippen molar-refractivity contribution in [2.75, 3.05) is 26.7 Å². The summed E-state index contributed by atoms with van der Waals surface area (Å²) in [6.45, 7) is 5.28. The molecule has 0 amide bonds. The maximum Gasteiger partial charge on any atom is 0.309 e. The average Bonchev–Trinajstić information content (AvgIpc) is 3.22. The summed E-state index contributed by atoms with van der Waals surface area (Å²) in [5.41, 5.74) is 2.36. The molecular formula is C20H28N6O2. The Kier molecular flexibility index (Phi) is 7.00. The van der Waals surface area contributed by atoms with Crippen molar-refractivity contribution in [3.63, 3.8) is 0 Å². The van der Waals surface area contributed by atoms with Crippen molar-refractivity contribution in [3.8, 4) is 0 Å². The zero-order valence-corrected chi connectivity index (χ0v) is 16.5.